The number of nitrogens with zero attached hydrogens (tertiary/aromatic N) is 4. The number of para-hydroxylation sites is 2. The average molecular weight is 447 g/mol. The van der Waals surface area contributed by atoms with Gasteiger partial charge in [0, 0.05) is 18.0 Å². The van der Waals surface area contributed by atoms with E-state index in [1.54, 1.807) is 53.1 Å². The van der Waals surface area contributed by atoms with E-state index in [0.29, 0.717) is 23.1 Å². The van der Waals surface area contributed by atoms with Crippen LogP contribution in [0.2, 0.25) is 0 Å². The number of hydrogen-bond donors (Lipinski definition) is 0. The molecule has 0 unspecified atom stereocenters. The number of nitro benzene ring substituents is 1. The lowest BCUT2D eigenvalue weighted by molar-refractivity contribution is -0.383. The molecule has 2 aromatic carbocycles. The van der Waals surface area contributed by atoms with Crippen LogP contribution in [0.4, 0.5) is 5.69 Å². The molecule has 2 heterocycles. The molecule has 0 bridgehead atoms. The zero-order valence-corrected chi connectivity index (χ0v) is 18.6. The highest BCUT2D eigenvalue weighted by Gasteiger charge is 2.24. The number of aromatic nitrogens is 3. The maximum Gasteiger partial charge on any atom is 0.357 e. The molecule has 170 valence electrons. The molecule has 0 aliphatic carbocycles. The number of nitro groups is 1. The van der Waals surface area contributed by atoms with Crippen molar-refractivity contribution < 1.29 is 4.92 Å². The molecule has 2 aromatic rings. The minimum absolute atomic E-state index is 0.0677. The first-order chi connectivity index (χ1) is 16.0. The third kappa shape index (κ3) is 4.41. The fourth-order valence-electron chi connectivity index (χ4n) is 4.28. The van der Waals surface area contributed by atoms with Crippen LogP contribution in [0.15, 0.2) is 64.2 Å². The van der Waals surface area contributed by atoms with Crippen LogP contribution in [-0.2, 0) is 6.54 Å². The molecule has 0 aromatic heterocycles. The molecule has 0 N–H and O–H groups in total. The molecular formula is C25H26N4O4. The highest BCUT2D eigenvalue weighted by Crippen LogP contribution is 2.31. The summed E-state index contributed by atoms with van der Waals surface area (Å²) in [4.78, 5) is 41.9. The van der Waals surface area contributed by atoms with E-state index in [-0.39, 0.29) is 17.1 Å². The second-order valence-electron chi connectivity index (χ2n) is 8.14. The number of unbranched alkanes of at least 4 members (excludes halogenated alkanes) is 5. The van der Waals surface area contributed by atoms with E-state index in [2.05, 4.69) is 11.9 Å². The van der Waals surface area contributed by atoms with Crippen LogP contribution >= 0.6 is 0 Å². The Balaban J connectivity index is 1.91. The van der Waals surface area contributed by atoms with Gasteiger partial charge >= 0.3 is 5.69 Å². The van der Waals surface area contributed by atoms with Gasteiger partial charge in [-0.15, -0.1) is 0 Å². The Bertz CT molecular complexity index is 1380. The molecule has 0 spiro atoms. The zero-order chi connectivity index (χ0) is 23.4. The summed E-state index contributed by atoms with van der Waals surface area (Å²) in [6, 6.07) is 15.0. The van der Waals surface area contributed by atoms with Gasteiger partial charge in [0.05, 0.1) is 16.2 Å². The first-order valence-electron chi connectivity index (χ1n) is 11.3. The molecule has 2 aliphatic rings. The summed E-state index contributed by atoms with van der Waals surface area (Å²) in [5, 5.41) is 12.3. The van der Waals surface area contributed by atoms with Crippen LogP contribution in [0.1, 0.15) is 45.4 Å². The summed E-state index contributed by atoms with van der Waals surface area (Å²) in [6.07, 6.45) is 6.26. The fraction of sp³-hybridized carbons (Fsp3) is 0.320. The van der Waals surface area contributed by atoms with Crippen LogP contribution in [0.25, 0.3) is 28.0 Å². The molecule has 0 saturated carbocycles. The van der Waals surface area contributed by atoms with Crippen LogP contribution in [-0.4, -0.2) is 19.0 Å². The van der Waals surface area contributed by atoms with Crippen molar-refractivity contribution in [1.29, 1.82) is 0 Å². The van der Waals surface area contributed by atoms with Gasteiger partial charge in [-0.05, 0) is 24.6 Å². The molecule has 0 atom stereocenters. The molecule has 8 heteroatoms. The van der Waals surface area contributed by atoms with Crippen molar-refractivity contribution >= 4 is 16.6 Å². The van der Waals surface area contributed by atoms with Gasteiger partial charge in [-0.3, -0.25) is 14.9 Å². The first kappa shape index (κ1) is 22.4. The first-order valence-corrected chi connectivity index (χ1v) is 11.3. The van der Waals surface area contributed by atoms with Crippen LogP contribution in [0.3, 0.4) is 0 Å². The van der Waals surface area contributed by atoms with Crippen molar-refractivity contribution in [3.05, 3.63) is 85.5 Å². The largest absolute Gasteiger partial charge is 0.357 e. The number of non-ortho nitro benzene ring substituents is 1. The van der Waals surface area contributed by atoms with Gasteiger partial charge in [-0.2, -0.15) is 4.98 Å². The number of rotatable bonds is 9. The van der Waals surface area contributed by atoms with E-state index in [1.807, 2.05) is 0 Å². The monoisotopic (exact) mass is 446 g/mol. The Morgan fingerprint density at radius 1 is 0.939 bits per heavy atom. The lowest BCUT2D eigenvalue weighted by atomic mass is 10.1. The van der Waals surface area contributed by atoms with E-state index in [1.165, 1.54) is 12.5 Å². The third-order valence-corrected chi connectivity index (χ3v) is 5.88. The number of fused-ring (bicyclic) bond motifs is 2. The molecule has 0 radical (unpaired) electrons. The molecule has 33 heavy (non-hydrogen) atoms. The molecule has 0 fully saturated rings. The van der Waals surface area contributed by atoms with Crippen molar-refractivity contribution in [2.24, 2.45) is 0 Å². The van der Waals surface area contributed by atoms with E-state index in [0.717, 1.165) is 36.7 Å². The van der Waals surface area contributed by atoms with E-state index >= 15 is 0 Å². The minimum atomic E-state index is -0.701. The highest BCUT2D eigenvalue weighted by atomic mass is 16.6. The number of benzene rings is 2. The molecule has 0 amide bonds. The smallest absolute Gasteiger partial charge is 0.319 e. The van der Waals surface area contributed by atoms with Crippen LogP contribution < -0.4 is 11.2 Å². The number of hydrogen-bond acceptors (Lipinski definition) is 5. The molecule has 0 saturated heterocycles. The summed E-state index contributed by atoms with van der Waals surface area (Å²) in [5.41, 5.74) is -0.176. The second kappa shape index (κ2) is 9.77. The summed E-state index contributed by atoms with van der Waals surface area (Å²) in [7, 11) is 0. The lowest BCUT2D eigenvalue weighted by Gasteiger charge is -2.18. The van der Waals surface area contributed by atoms with E-state index < -0.39 is 16.2 Å². The van der Waals surface area contributed by atoms with Gasteiger partial charge < -0.3 is 4.57 Å². The van der Waals surface area contributed by atoms with Crippen molar-refractivity contribution in [3.63, 3.8) is 0 Å². The molecule has 4 rings (SSSR count). The lowest BCUT2D eigenvalue weighted by Crippen LogP contribution is -2.37. The SMILES string of the molecule is CCCCCCCCn1c2nc(=O)n(-c3ccccc3)c(=O)c-2cc2cccc([N+](=O)[O-])c21. The quantitative estimate of drug-likeness (QED) is 0.157. The standard InChI is InChI=1S/C25H26N4O4/c1-2-3-4-5-6-10-16-27-22-18(12-11-15-21(22)29(32)33)17-20-23(27)26-25(31)28(24(20)30)19-13-8-7-9-14-19/h7-9,11-15,17H,2-6,10,16H2,1H3. The van der Waals surface area contributed by atoms with Crippen LogP contribution in [0, 0.1) is 10.1 Å². The second-order valence-corrected chi connectivity index (χ2v) is 8.14. The van der Waals surface area contributed by atoms with Crippen molar-refractivity contribution in [2.45, 2.75) is 52.0 Å². The topological polar surface area (TPSA) is 100 Å². The maximum absolute atomic E-state index is 13.4. The summed E-state index contributed by atoms with van der Waals surface area (Å²) >= 11 is 0. The normalized spacial score (nSPS) is 11.3. The Kier molecular flexibility index (Phi) is 6.63. The van der Waals surface area contributed by atoms with Gasteiger partial charge in [0.2, 0.25) is 0 Å². The predicted octanol–water partition coefficient (Wildman–Crippen LogP) is 4.92. The van der Waals surface area contributed by atoms with Gasteiger partial charge in [-0.25, -0.2) is 9.36 Å². The Labute approximate surface area is 190 Å². The number of pyridine rings is 1. The van der Waals surface area contributed by atoms with Gasteiger partial charge in [0.15, 0.2) is 5.82 Å². The fourth-order valence-corrected chi connectivity index (χ4v) is 4.28. The van der Waals surface area contributed by atoms with Gasteiger partial charge in [-0.1, -0.05) is 69.4 Å². The van der Waals surface area contributed by atoms with Gasteiger partial charge in [0.1, 0.15) is 5.52 Å². The molecule has 8 nitrogen and oxygen atoms in total. The van der Waals surface area contributed by atoms with Crippen molar-refractivity contribution in [2.75, 3.05) is 0 Å². The Hall–Kier alpha value is -3.81. The summed E-state index contributed by atoms with van der Waals surface area (Å²) in [5.74, 6) is 0.188. The minimum Gasteiger partial charge on any atom is -0.319 e. The van der Waals surface area contributed by atoms with E-state index in [9.17, 15) is 19.7 Å². The summed E-state index contributed by atoms with van der Waals surface area (Å²) in [6.45, 7) is 2.59. The summed E-state index contributed by atoms with van der Waals surface area (Å²) < 4.78 is 2.72. The molecular weight excluding hydrogens is 420 g/mol. The van der Waals surface area contributed by atoms with Crippen LogP contribution in [0.5, 0.6) is 0 Å². The average Bonchev–Trinajstić information content (AvgIpc) is 2.81. The Morgan fingerprint density at radius 2 is 1.67 bits per heavy atom. The predicted molar refractivity (Wildman–Crippen MR) is 128 cm³/mol. The van der Waals surface area contributed by atoms with E-state index in [4.69, 9.17) is 0 Å². The molecule has 2 aliphatic heterocycles. The highest BCUT2D eigenvalue weighted by molar-refractivity contribution is 5.92. The van der Waals surface area contributed by atoms with Crippen molar-refractivity contribution in [3.8, 4) is 17.1 Å². The maximum atomic E-state index is 13.4. The van der Waals surface area contributed by atoms with Crippen molar-refractivity contribution in [1.82, 2.24) is 14.1 Å². The van der Waals surface area contributed by atoms with Gasteiger partial charge in [0.25, 0.3) is 11.2 Å². The Morgan fingerprint density at radius 3 is 2.39 bits per heavy atom. The third-order valence-electron chi connectivity index (χ3n) is 5.88. The zero-order valence-electron chi connectivity index (χ0n) is 18.6. The number of aryl methyl sites for hydroxylation is 1.